The number of likely N-dealkylation sites (tertiary alicyclic amines) is 1. The van der Waals surface area contributed by atoms with Gasteiger partial charge in [0.2, 0.25) is 5.91 Å². The lowest BCUT2D eigenvalue weighted by molar-refractivity contribution is -0.111. The van der Waals surface area contributed by atoms with E-state index in [1.54, 1.807) is 12.1 Å². The van der Waals surface area contributed by atoms with Gasteiger partial charge in [0.1, 0.15) is 17.6 Å². The maximum atomic E-state index is 13.6. The van der Waals surface area contributed by atoms with Crippen molar-refractivity contribution in [1.82, 2.24) is 9.88 Å². The van der Waals surface area contributed by atoms with Gasteiger partial charge in [0.05, 0.1) is 40.7 Å². The van der Waals surface area contributed by atoms with E-state index < -0.39 is 5.82 Å². The molecular weight excluding hydrogens is 509 g/mol. The van der Waals surface area contributed by atoms with E-state index in [0.29, 0.717) is 52.1 Å². The molecule has 38 heavy (non-hydrogen) atoms. The van der Waals surface area contributed by atoms with Gasteiger partial charge in [-0.3, -0.25) is 14.7 Å². The molecule has 2 fully saturated rings. The van der Waals surface area contributed by atoms with Crippen molar-refractivity contribution < 1.29 is 19.0 Å². The minimum atomic E-state index is -0.550. The third kappa shape index (κ3) is 5.43. The van der Waals surface area contributed by atoms with Gasteiger partial charge in [0.15, 0.2) is 0 Å². The Morgan fingerprint density at radius 1 is 1.32 bits per heavy atom. The number of hydrogen-bond acceptors (Lipinski definition) is 7. The number of benzene rings is 2. The van der Waals surface area contributed by atoms with Crippen molar-refractivity contribution in [2.45, 2.75) is 18.9 Å². The van der Waals surface area contributed by atoms with Crippen LogP contribution in [0.4, 0.5) is 21.5 Å². The summed E-state index contributed by atoms with van der Waals surface area (Å²) in [6.07, 6.45) is 6.32. The van der Waals surface area contributed by atoms with E-state index >= 15 is 0 Å². The highest BCUT2D eigenvalue weighted by atomic mass is 35.5. The highest BCUT2D eigenvalue weighted by molar-refractivity contribution is 6.31. The predicted octanol–water partition coefficient (Wildman–Crippen LogP) is 4.85. The summed E-state index contributed by atoms with van der Waals surface area (Å²) in [5, 5.41) is 26.0. The molecule has 1 saturated heterocycles. The Hall–Kier alpha value is -3.71. The number of nitriles is 1. The van der Waals surface area contributed by atoms with Crippen LogP contribution < -0.4 is 15.4 Å². The number of hydrogen-bond donors (Lipinski definition) is 3. The third-order valence-electron chi connectivity index (χ3n) is 7.19. The van der Waals surface area contributed by atoms with Crippen molar-refractivity contribution >= 4 is 45.5 Å². The van der Waals surface area contributed by atoms with Gasteiger partial charge in [-0.2, -0.15) is 5.26 Å². The van der Waals surface area contributed by atoms with Crippen LogP contribution in [0.15, 0.2) is 48.7 Å². The summed E-state index contributed by atoms with van der Waals surface area (Å²) in [5.41, 5.74) is 2.15. The molecule has 10 heteroatoms. The molecular formula is C28H27ClFN5O3. The number of pyridine rings is 1. The van der Waals surface area contributed by atoms with Crippen molar-refractivity contribution in [2.75, 3.05) is 37.4 Å². The highest BCUT2D eigenvalue weighted by Crippen LogP contribution is 2.38. The number of fused-ring (bicyclic) bond motifs is 2. The number of carbonyl (C=O) groups excluding carboxylic acids is 1. The first-order valence-corrected chi connectivity index (χ1v) is 12.7. The van der Waals surface area contributed by atoms with Crippen molar-refractivity contribution in [3.63, 3.8) is 0 Å². The van der Waals surface area contributed by atoms with Gasteiger partial charge >= 0.3 is 0 Å². The first-order chi connectivity index (χ1) is 18.3. The minimum Gasteiger partial charge on any atom is -0.494 e. The molecule has 1 unspecified atom stereocenters. The molecule has 196 valence electrons. The van der Waals surface area contributed by atoms with Crippen molar-refractivity contribution in [2.24, 2.45) is 11.8 Å². The third-order valence-corrected chi connectivity index (χ3v) is 7.48. The summed E-state index contributed by atoms with van der Waals surface area (Å²) in [4.78, 5) is 19.4. The second-order valence-electron chi connectivity index (χ2n) is 9.74. The van der Waals surface area contributed by atoms with Crippen molar-refractivity contribution in [1.29, 1.82) is 5.26 Å². The molecule has 3 aromatic rings. The molecule has 1 amide bonds. The molecule has 3 atom stereocenters. The van der Waals surface area contributed by atoms with Crippen LogP contribution in [0.25, 0.3) is 10.9 Å². The van der Waals surface area contributed by atoms with Crippen molar-refractivity contribution in [3.05, 3.63) is 65.1 Å². The minimum absolute atomic E-state index is 0.0528. The smallest absolute Gasteiger partial charge is 0.248 e. The number of nitrogens with zero attached hydrogens (tertiary/aromatic N) is 3. The molecule has 2 aromatic carbocycles. The number of carbonyl (C=O) groups is 1. The quantitative estimate of drug-likeness (QED) is 0.371. The van der Waals surface area contributed by atoms with E-state index in [1.165, 1.54) is 37.6 Å². The van der Waals surface area contributed by atoms with Crippen LogP contribution in [0.3, 0.4) is 0 Å². The Labute approximate surface area is 224 Å². The maximum absolute atomic E-state index is 13.6. The van der Waals surface area contributed by atoms with E-state index in [9.17, 15) is 19.6 Å². The molecule has 1 aliphatic heterocycles. The molecule has 1 aliphatic carbocycles. The number of ether oxygens (including phenoxy) is 1. The Balaban J connectivity index is 1.35. The summed E-state index contributed by atoms with van der Waals surface area (Å²) in [7, 11) is 1.50. The summed E-state index contributed by atoms with van der Waals surface area (Å²) in [6, 6.07) is 9.66. The largest absolute Gasteiger partial charge is 0.494 e. The summed E-state index contributed by atoms with van der Waals surface area (Å²) >= 11 is 5.93. The fourth-order valence-corrected chi connectivity index (χ4v) is 5.60. The Kier molecular flexibility index (Phi) is 7.47. The summed E-state index contributed by atoms with van der Waals surface area (Å²) < 4.78 is 19.1. The second kappa shape index (κ2) is 11.0. The van der Waals surface area contributed by atoms with Crippen LogP contribution in [-0.2, 0) is 4.79 Å². The standard InChI is InChI=1S/C28H27ClFN5O3/c1-38-26-11-24-21(28(18(12-31)13-32-24)33-19-4-5-23(30)22(29)9-19)10-25(26)34-27(37)3-2-6-35-14-16-7-20(36)8-17(16)15-35/h2-5,9-11,13,16-17,20,36H,6-8,14-15H2,1H3,(H,32,33)(H,34,37)/b3-2+/t16-,17+,20?. The van der Waals surface area contributed by atoms with E-state index in [-0.39, 0.29) is 22.6 Å². The van der Waals surface area contributed by atoms with Gasteiger partial charge in [-0.25, -0.2) is 4.39 Å². The first kappa shape index (κ1) is 25.9. The Bertz CT molecular complexity index is 1440. The van der Waals surface area contributed by atoms with Crippen molar-refractivity contribution in [3.8, 4) is 11.8 Å². The number of methoxy groups -OCH3 is 1. The average Bonchev–Trinajstić information content (AvgIpc) is 3.43. The second-order valence-corrected chi connectivity index (χ2v) is 10.1. The van der Waals surface area contributed by atoms with Crippen LogP contribution in [0.2, 0.25) is 5.02 Å². The van der Waals surface area contributed by atoms with Gasteiger partial charge in [0.25, 0.3) is 0 Å². The zero-order chi connectivity index (χ0) is 26.8. The number of anilines is 3. The molecule has 8 nitrogen and oxygen atoms in total. The number of halogens is 2. The fourth-order valence-electron chi connectivity index (χ4n) is 5.42. The number of nitrogens with one attached hydrogen (secondary N) is 2. The van der Waals surface area contributed by atoms with Crippen LogP contribution in [0.5, 0.6) is 5.75 Å². The normalized spacial score (nSPS) is 21.0. The lowest BCUT2D eigenvalue weighted by Gasteiger charge is -2.16. The van der Waals surface area contributed by atoms with Gasteiger partial charge in [-0.05, 0) is 48.9 Å². The molecule has 2 aliphatic rings. The first-order valence-electron chi connectivity index (χ1n) is 12.4. The Morgan fingerprint density at radius 3 is 2.76 bits per heavy atom. The van der Waals surface area contributed by atoms with Crippen LogP contribution in [0, 0.1) is 29.0 Å². The fraction of sp³-hybridized carbons (Fsp3) is 0.321. The van der Waals surface area contributed by atoms with E-state index in [1.807, 2.05) is 6.08 Å². The SMILES string of the molecule is COc1cc2ncc(C#N)c(Nc3ccc(F)c(Cl)c3)c2cc1NC(=O)/C=C/CN1C[C@H]2CC(O)C[C@H]2C1. The maximum Gasteiger partial charge on any atom is 0.248 e. The monoisotopic (exact) mass is 535 g/mol. The highest BCUT2D eigenvalue weighted by Gasteiger charge is 2.39. The molecule has 1 saturated carbocycles. The average molecular weight is 536 g/mol. The van der Waals surface area contributed by atoms with E-state index in [0.717, 1.165) is 25.9 Å². The summed E-state index contributed by atoms with van der Waals surface area (Å²) in [6.45, 7) is 2.54. The number of aromatic nitrogens is 1. The molecule has 0 bridgehead atoms. The van der Waals surface area contributed by atoms with E-state index in [4.69, 9.17) is 16.3 Å². The van der Waals surface area contributed by atoms with Gasteiger partial charge < -0.3 is 20.5 Å². The zero-order valence-corrected chi connectivity index (χ0v) is 21.5. The van der Waals surface area contributed by atoms with Gasteiger partial charge in [-0.1, -0.05) is 17.7 Å². The number of rotatable bonds is 7. The van der Waals surface area contributed by atoms with Crippen LogP contribution >= 0.6 is 11.6 Å². The molecule has 1 aromatic heterocycles. The van der Waals surface area contributed by atoms with Crippen LogP contribution in [-0.4, -0.2) is 53.7 Å². The number of amides is 1. The molecule has 0 radical (unpaired) electrons. The predicted molar refractivity (Wildman–Crippen MR) is 144 cm³/mol. The number of aliphatic hydroxyl groups excluding tert-OH is 1. The van der Waals surface area contributed by atoms with Gasteiger partial charge in [0, 0.05) is 49.0 Å². The van der Waals surface area contributed by atoms with Crippen LogP contribution in [0.1, 0.15) is 18.4 Å². The molecule has 5 rings (SSSR count). The van der Waals surface area contributed by atoms with Gasteiger partial charge in [-0.15, -0.1) is 0 Å². The lowest BCUT2D eigenvalue weighted by atomic mass is 10.0. The number of aliphatic hydroxyl groups is 1. The molecule has 3 N–H and O–H groups in total. The molecule has 2 heterocycles. The lowest BCUT2D eigenvalue weighted by Crippen LogP contribution is -2.23. The molecule has 0 spiro atoms. The zero-order valence-electron chi connectivity index (χ0n) is 20.7. The Morgan fingerprint density at radius 2 is 2.08 bits per heavy atom. The topological polar surface area (TPSA) is 111 Å². The van der Waals surface area contributed by atoms with E-state index in [2.05, 4.69) is 26.6 Å². The summed E-state index contributed by atoms with van der Waals surface area (Å²) in [5.74, 6) is 0.621.